The van der Waals surface area contributed by atoms with E-state index in [2.05, 4.69) is 19.6 Å². The molecular formula is C18H17F4N5O7. The normalized spacial score (nSPS) is 21.4. The minimum absolute atomic E-state index is 0.154. The molecule has 0 radical (unpaired) electrons. The molecular weight excluding hydrogens is 474 g/mol. The lowest BCUT2D eigenvalue weighted by atomic mass is 9.98. The number of carboxylic acid groups (broad SMARTS) is 2. The van der Waals surface area contributed by atoms with Gasteiger partial charge in [-0.3, -0.25) is 9.67 Å². The van der Waals surface area contributed by atoms with Crippen LogP contribution in [0.3, 0.4) is 0 Å². The van der Waals surface area contributed by atoms with Crippen LogP contribution in [-0.4, -0.2) is 66.4 Å². The first kappa shape index (κ1) is 23.5. The van der Waals surface area contributed by atoms with E-state index in [9.17, 15) is 37.4 Å². The third-order valence-electron chi connectivity index (χ3n) is 5.28. The van der Waals surface area contributed by atoms with Crippen LogP contribution < -0.4 is 5.73 Å². The molecule has 0 bridgehead atoms. The van der Waals surface area contributed by atoms with Gasteiger partial charge in [0.25, 0.3) is 5.60 Å². The van der Waals surface area contributed by atoms with Crippen LogP contribution in [0.2, 0.25) is 0 Å². The molecule has 1 saturated heterocycles. The monoisotopic (exact) mass is 491 g/mol. The van der Waals surface area contributed by atoms with Crippen molar-refractivity contribution in [3.63, 3.8) is 0 Å². The fraction of sp³-hybridized carbons (Fsp3) is 0.444. The summed E-state index contributed by atoms with van der Waals surface area (Å²) in [7, 11) is 0. The number of imidazole rings is 1. The zero-order valence-corrected chi connectivity index (χ0v) is 17.0. The van der Waals surface area contributed by atoms with Crippen LogP contribution in [0.4, 0.5) is 23.4 Å². The zero-order chi connectivity index (χ0) is 24.8. The summed E-state index contributed by atoms with van der Waals surface area (Å²) in [5, 5.41) is 25.5. The number of alkyl halides is 4. The number of fused-ring (bicyclic) bond motifs is 1. The molecule has 184 valence electrons. The van der Waals surface area contributed by atoms with Gasteiger partial charge in [0, 0.05) is 6.42 Å². The largest absolute Gasteiger partial charge is 0.479 e. The lowest BCUT2D eigenvalue weighted by Crippen LogP contribution is -2.52. The first-order valence-corrected chi connectivity index (χ1v) is 9.65. The Labute approximate surface area is 186 Å². The van der Waals surface area contributed by atoms with Gasteiger partial charge >= 0.3 is 18.1 Å². The molecule has 3 atom stereocenters. The van der Waals surface area contributed by atoms with Crippen LogP contribution in [0.15, 0.2) is 22.9 Å². The highest BCUT2D eigenvalue weighted by molar-refractivity contribution is 6.02. The van der Waals surface area contributed by atoms with Crippen molar-refractivity contribution in [2.24, 2.45) is 0 Å². The van der Waals surface area contributed by atoms with Gasteiger partial charge in [-0.05, 0) is 12.1 Å². The number of carboxylic acids is 2. The van der Waals surface area contributed by atoms with Gasteiger partial charge in [0.05, 0.1) is 25.5 Å². The summed E-state index contributed by atoms with van der Waals surface area (Å²) in [6.45, 7) is -0.692. The molecule has 12 nitrogen and oxygen atoms in total. The minimum atomic E-state index is -4.85. The Bertz CT molecular complexity index is 1210. The van der Waals surface area contributed by atoms with Crippen molar-refractivity contribution < 1.29 is 51.3 Å². The number of hydrogen-bond acceptors (Lipinski definition) is 8. The summed E-state index contributed by atoms with van der Waals surface area (Å²) in [5.74, 6) is -5.83. The van der Waals surface area contributed by atoms with E-state index in [1.165, 1.54) is 10.9 Å². The van der Waals surface area contributed by atoms with E-state index >= 15 is 0 Å². The number of aromatic amines is 1. The van der Waals surface area contributed by atoms with Gasteiger partial charge in [-0.25, -0.2) is 19.0 Å². The molecule has 1 aliphatic rings. The van der Waals surface area contributed by atoms with Crippen LogP contribution in [0, 0.1) is 0 Å². The van der Waals surface area contributed by atoms with Crippen molar-refractivity contribution in [1.82, 2.24) is 19.7 Å². The summed E-state index contributed by atoms with van der Waals surface area (Å²) in [6, 6.07) is 1.34. The van der Waals surface area contributed by atoms with E-state index in [1.54, 1.807) is 0 Å². The number of nitrogens with one attached hydrogen (secondary N) is 1. The number of nitrogens with zero attached hydrogens (tertiary/aromatic N) is 3. The average Bonchev–Trinajstić information content (AvgIpc) is 3.50. The van der Waals surface area contributed by atoms with E-state index in [1.807, 2.05) is 0 Å². The van der Waals surface area contributed by atoms with Gasteiger partial charge in [-0.2, -0.15) is 18.3 Å². The highest BCUT2D eigenvalue weighted by atomic mass is 19.4. The topological polar surface area (TPSA) is 179 Å². The Morgan fingerprint density at radius 3 is 2.62 bits per heavy atom. The maximum absolute atomic E-state index is 14.7. The number of hydrogen-bond donors (Lipinski definition) is 4. The molecule has 5 N–H and O–H groups in total. The first-order valence-electron chi connectivity index (χ1n) is 9.65. The number of H-pyrrole nitrogens is 1. The summed E-state index contributed by atoms with van der Waals surface area (Å²) in [5.41, 5.74) is 3.14. The quantitative estimate of drug-likeness (QED) is 0.268. The molecule has 4 heterocycles. The molecule has 0 aromatic carbocycles. The Kier molecular flexibility index (Phi) is 5.72. The maximum Gasteiger partial charge on any atom is 0.449 e. The van der Waals surface area contributed by atoms with Crippen molar-refractivity contribution in [2.45, 2.75) is 43.1 Å². The Morgan fingerprint density at radius 1 is 1.29 bits per heavy atom. The number of nitrogens with two attached hydrogens (primary N) is 1. The van der Waals surface area contributed by atoms with Crippen LogP contribution in [-0.2, 0) is 31.7 Å². The highest BCUT2D eigenvalue weighted by Crippen LogP contribution is 2.35. The van der Waals surface area contributed by atoms with E-state index in [4.69, 9.17) is 15.2 Å². The predicted octanol–water partition coefficient (Wildman–Crippen LogP) is 1.75. The number of ether oxygens (including phenoxy) is 2. The Hall–Kier alpha value is -3.66. The third kappa shape index (κ3) is 4.05. The average molecular weight is 491 g/mol. The molecule has 16 heteroatoms. The fourth-order valence-electron chi connectivity index (χ4n) is 3.58. The summed E-state index contributed by atoms with van der Waals surface area (Å²) in [4.78, 5) is 27.6. The van der Waals surface area contributed by atoms with E-state index < -0.39 is 66.8 Å². The molecule has 2 unspecified atom stereocenters. The number of nitrogen functional groups attached to an aromatic ring is 1. The SMILES string of the molecule is Nc1[nH]nc2c1ncn2C1O[C@H](COC(Cc2ccc(C(F)(F)F)o2)(C(=O)O)C(=O)O)CC1F. The Balaban J connectivity index is 1.50. The summed E-state index contributed by atoms with van der Waals surface area (Å²) in [6.07, 6.45) is -8.90. The molecule has 0 amide bonds. The Morgan fingerprint density at radius 2 is 2.00 bits per heavy atom. The van der Waals surface area contributed by atoms with Gasteiger partial charge < -0.3 is 29.8 Å². The van der Waals surface area contributed by atoms with E-state index in [0.29, 0.717) is 6.07 Å². The lowest BCUT2D eigenvalue weighted by molar-refractivity contribution is -0.189. The fourth-order valence-corrected chi connectivity index (χ4v) is 3.58. The van der Waals surface area contributed by atoms with Crippen molar-refractivity contribution in [1.29, 1.82) is 0 Å². The van der Waals surface area contributed by atoms with Crippen LogP contribution in [0.1, 0.15) is 24.2 Å². The number of furan rings is 1. The van der Waals surface area contributed by atoms with Crippen molar-refractivity contribution in [3.8, 4) is 0 Å². The van der Waals surface area contributed by atoms with Crippen molar-refractivity contribution in [2.75, 3.05) is 12.3 Å². The maximum atomic E-state index is 14.7. The van der Waals surface area contributed by atoms with Crippen molar-refractivity contribution in [3.05, 3.63) is 30.0 Å². The van der Waals surface area contributed by atoms with E-state index in [-0.39, 0.29) is 23.4 Å². The smallest absolute Gasteiger partial charge is 0.449 e. The summed E-state index contributed by atoms with van der Waals surface area (Å²) >= 11 is 0. The number of carbonyl (C=O) groups is 2. The third-order valence-corrected chi connectivity index (χ3v) is 5.28. The van der Waals surface area contributed by atoms with Crippen molar-refractivity contribution >= 4 is 28.9 Å². The highest BCUT2D eigenvalue weighted by Gasteiger charge is 2.51. The zero-order valence-electron chi connectivity index (χ0n) is 17.0. The standard InChI is InChI=1S/C18H17F4N5O7/c19-9-3-8(34-14(9)27-6-24-11-12(23)25-26-13(11)27)5-32-17(15(28)29,16(30)31)4-7-1-2-10(33-7)18(20,21)22/h1-2,6,8-9,14H,3-5H2,(H,28,29)(H,30,31)(H3,23,25,26)/t8-,9?,14?/m0/s1. The minimum Gasteiger partial charge on any atom is -0.479 e. The molecule has 1 fully saturated rings. The van der Waals surface area contributed by atoms with Gasteiger partial charge in [0.15, 0.2) is 17.4 Å². The van der Waals surface area contributed by atoms with Gasteiger partial charge in [0.2, 0.25) is 5.76 Å². The molecule has 3 aromatic heterocycles. The second kappa shape index (κ2) is 8.28. The number of anilines is 1. The lowest BCUT2D eigenvalue weighted by Gasteiger charge is -2.26. The van der Waals surface area contributed by atoms with Gasteiger partial charge in [-0.1, -0.05) is 0 Å². The van der Waals surface area contributed by atoms with Crippen LogP contribution >= 0.6 is 0 Å². The summed E-state index contributed by atoms with van der Waals surface area (Å²) < 4.78 is 69.5. The molecule has 0 saturated carbocycles. The number of aliphatic carboxylic acids is 2. The van der Waals surface area contributed by atoms with Gasteiger partial charge in [0.1, 0.15) is 17.7 Å². The second-order valence-electron chi connectivity index (χ2n) is 7.55. The molecule has 1 aliphatic heterocycles. The van der Waals surface area contributed by atoms with Crippen LogP contribution in [0.5, 0.6) is 0 Å². The van der Waals surface area contributed by atoms with E-state index in [0.717, 1.165) is 6.07 Å². The number of aromatic nitrogens is 4. The van der Waals surface area contributed by atoms with Crippen LogP contribution in [0.25, 0.3) is 11.2 Å². The first-order chi connectivity index (χ1) is 15.9. The predicted molar refractivity (Wildman–Crippen MR) is 101 cm³/mol. The molecule has 0 spiro atoms. The number of halogens is 4. The molecule has 0 aliphatic carbocycles. The number of rotatable bonds is 8. The second-order valence-corrected chi connectivity index (χ2v) is 7.55. The van der Waals surface area contributed by atoms with Gasteiger partial charge in [-0.15, -0.1) is 0 Å². The molecule has 3 aromatic rings. The molecule has 34 heavy (non-hydrogen) atoms. The molecule has 4 rings (SSSR count).